The van der Waals surface area contributed by atoms with Crippen LogP contribution in [-0.4, -0.2) is 41.3 Å². The Labute approximate surface area is 155 Å². The quantitative estimate of drug-likeness (QED) is 0.812. The minimum absolute atomic E-state index is 0.0421. The van der Waals surface area contributed by atoms with Crippen LogP contribution in [0.25, 0.3) is 0 Å². The molecule has 1 saturated heterocycles. The number of nitrogens with one attached hydrogen (secondary N) is 1. The molecule has 0 unspecified atom stereocenters. The second kappa shape index (κ2) is 7.65. The zero-order chi connectivity index (χ0) is 18.7. The summed E-state index contributed by atoms with van der Waals surface area (Å²) in [6.45, 7) is 2.60. The van der Waals surface area contributed by atoms with Crippen molar-refractivity contribution in [1.29, 1.82) is 0 Å². The van der Waals surface area contributed by atoms with Gasteiger partial charge in [-0.3, -0.25) is 9.59 Å². The number of carbonyl (C=O) groups is 3. The Morgan fingerprint density at radius 2 is 2.08 bits per heavy atom. The number of hydrogen-bond donors (Lipinski definition) is 1. The van der Waals surface area contributed by atoms with E-state index in [1.165, 1.54) is 18.4 Å². The summed E-state index contributed by atoms with van der Waals surface area (Å²) in [5.41, 5.74) is 1.22. The molecule has 136 valence electrons. The molecule has 7 nitrogen and oxygen atoms in total. The van der Waals surface area contributed by atoms with Gasteiger partial charge in [-0.1, -0.05) is 30.3 Å². The van der Waals surface area contributed by atoms with Crippen molar-refractivity contribution < 1.29 is 19.1 Å². The molecule has 0 saturated carbocycles. The van der Waals surface area contributed by atoms with Crippen LogP contribution in [0.5, 0.6) is 0 Å². The van der Waals surface area contributed by atoms with Crippen LogP contribution in [0.15, 0.2) is 30.3 Å². The molecule has 0 aliphatic carbocycles. The number of methoxy groups -OCH3 is 1. The fourth-order valence-corrected chi connectivity index (χ4v) is 3.65. The van der Waals surface area contributed by atoms with Gasteiger partial charge in [0.15, 0.2) is 10.8 Å². The molecule has 0 spiro atoms. The number of benzene rings is 1. The lowest BCUT2D eigenvalue weighted by atomic mass is 10.1. The van der Waals surface area contributed by atoms with Crippen LogP contribution in [0.1, 0.15) is 27.3 Å². The number of rotatable bonds is 5. The molecule has 1 aliphatic heterocycles. The molecule has 1 N–H and O–H groups in total. The van der Waals surface area contributed by atoms with E-state index in [1.807, 2.05) is 30.3 Å². The highest BCUT2D eigenvalue weighted by Crippen LogP contribution is 2.25. The minimum atomic E-state index is -0.538. The average Bonchev–Trinajstić information content (AvgIpc) is 3.18. The number of anilines is 1. The predicted molar refractivity (Wildman–Crippen MR) is 96.8 cm³/mol. The fourth-order valence-electron chi connectivity index (χ4n) is 2.85. The monoisotopic (exact) mass is 373 g/mol. The number of likely N-dealkylation sites (tertiary alicyclic amines) is 1. The van der Waals surface area contributed by atoms with Gasteiger partial charge in [-0.15, -0.1) is 11.3 Å². The van der Waals surface area contributed by atoms with E-state index >= 15 is 0 Å². The third kappa shape index (κ3) is 3.91. The molecule has 2 amide bonds. The van der Waals surface area contributed by atoms with E-state index in [0.29, 0.717) is 23.1 Å². The summed E-state index contributed by atoms with van der Waals surface area (Å²) in [4.78, 5) is 42.8. The summed E-state index contributed by atoms with van der Waals surface area (Å²) in [7, 11) is 1.28. The Hall–Kier alpha value is -2.74. The van der Waals surface area contributed by atoms with Crippen LogP contribution in [0.3, 0.4) is 0 Å². The number of esters is 1. The third-order valence-corrected chi connectivity index (χ3v) is 5.09. The fraction of sp³-hybridized carbons (Fsp3) is 0.333. The van der Waals surface area contributed by atoms with E-state index in [-0.39, 0.29) is 23.9 Å². The molecular weight excluding hydrogens is 354 g/mol. The van der Waals surface area contributed by atoms with Gasteiger partial charge in [0.2, 0.25) is 11.8 Å². The summed E-state index contributed by atoms with van der Waals surface area (Å²) < 4.78 is 4.66. The van der Waals surface area contributed by atoms with Crippen molar-refractivity contribution in [1.82, 2.24) is 9.88 Å². The van der Waals surface area contributed by atoms with Crippen LogP contribution in [0, 0.1) is 12.8 Å². The highest BCUT2D eigenvalue weighted by Gasteiger charge is 2.34. The highest BCUT2D eigenvalue weighted by molar-refractivity contribution is 7.16. The van der Waals surface area contributed by atoms with Gasteiger partial charge in [0.1, 0.15) is 0 Å². The van der Waals surface area contributed by atoms with Gasteiger partial charge in [-0.25, -0.2) is 9.78 Å². The molecule has 1 atom stereocenters. The Morgan fingerprint density at radius 1 is 1.35 bits per heavy atom. The number of amides is 2. The van der Waals surface area contributed by atoms with Crippen molar-refractivity contribution in [3.8, 4) is 0 Å². The number of ether oxygens (including phenoxy) is 1. The SMILES string of the molecule is COC(=O)c1nc(NC(=O)[C@@H]2CC(=O)N(Cc3ccccc3)C2)sc1C. The molecule has 1 aromatic heterocycles. The molecule has 0 bridgehead atoms. The number of aromatic nitrogens is 1. The van der Waals surface area contributed by atoms with Gasteiger partial charge < -0.3 is 15.0 Å². The van der Waals surface area contributed by atoms with Crippen molar-refractivity contribution in [3.05, 3.63) is 46.5 Å². The Kier molecular flexibility index (Phi) is 5.32. The summed E-state index contributed by atoms with van der Waals surface area (Å²) in [6, 6.07) is 9.67. The maximum atomic E-state index is 12.5. The van der Waals surface area contributed by atoms with Crippen molar-refractivity contribution in [2.24, 2.45) is 5.92 Å². The zero-order valence-electron chi connectivity index (χ0n) is 14.5. The van der Waals surface area contributed by atoms with Gasteiger partial charge in [-0.2, -0.15) is 0 Å². The van der Waals surface area contributed by atoms with E-state index in [2.05, 4.69) is 15.0 Å². The Bertz CT molecular complexity index is 834. The second-order valence-electron chi connectivity index (χ2n) is 6.07. The number of thiazole rings is 1. The molecular formula is C18H19N3O4S. The standard InChI is InChI=1S/C18H19N3O4S/c1-11-15(17(24)25-2)19-18(26-11)20-16(23)13-8-14(22)21(10-13)9-12-6-4-3-5-7-12/h3-7,13H,8-10H2,1-2H3,(H,19,20,23)/t13-/m1/s1. The number of hydrogen-bond acceptors (Lipinski definition) is 6. The van der Waals surface area contributed by atoms with E-state index in [4.69, 9.17) is 0 Å². The van der Waals surface area contributed by atoms with E-state index < -0.39 is 11.9 Å². The summed E-state index contributed by atoms with van der Waals surface area (Å²) in [5, 5.41) is 3.05. The zero-order valence-corrected chi connectivity index (χ0v) is 15.3. The molecule has 8 heteroatoms. The number of carbonyl (C=O) groups excluding carboxylic acids is 3. The topological polar surface area (TPSA) is 88.6 Å². The first kappa shape index (κ1) is 18.1. The van der Waals surface area contributed by atoms with Gasteiger partial charge >= 0.3 is 5.97 Å². The largest absolute Gasteiger partial charge is 0.464 e. The third-order valence-electron chi connectivity index (χ3n) is 4.21. The molecule has 2 heterocycles. The molecule has 1 aliphatic rings. The lowest BCUT2D eigenvalue weighted by Gasteiger charge is -2.16. The van der Waals surface area contributed by atoms with Crippen LogP contribution in [-0.2, 0) is 20.9 Å². The van der Waals surface area contributed by atoms with Crippen molar-refractivity contribution in [2.45, 2.75) is 19.9 Å². The normalized spacial score (nSPS) is 16.6. The van der Waals surface area contributed by atoms with Crippen molar-refractivity contribution >= 4 is 34.3 Å². The van der Waals surface area contributed by atoms with Gasteiger partial charge in [0.25, 0.3) is 0 Å². The van der Waals surface area contributed by atoms with Crippen LogP contribution >= 0.6 is 11.3 Å². The van der Waals surface area contributed by atoms with Crippen molar-refractivity contribution in [3.63, 3.8) is 0 Å². The minimum Gasteiger partial charge on any atom is -0.464 e. The Balaban J connectivity index is 1.62. The molecule has 0 radical (unpaired) electrons. The summed E-state index contributed by atoms with van der Waals surface area (Å²) in [5.74, 6) is -1.28. The van der Waals surface area contributed by atoms with Gasteiger partial charge in [0, 0.05) is 24.4 Å². The van der Waals surface area contributed by atoms with E-state index in [1.54, 1.807) is 11.8 Å². The van der Waals surface area contributed by atoms with Crippen LogP contribution in [0.2, 0.25) is 0 Å². The second-order valence-corrected chi connectivity index (χ2v) is 7.27. The molecule has 26 heavy (non-hydrogen) atoms. The first-order chi connectivity index (χ1) is 12.5. The highest BCUT2D eigenvalue weighted by atomic mass is 32.1. The maximum absolute atomic E-state index is 12.5. The first-order valence-corrected chi connectivity index (χ1v) is 8.98. The number of nitrogens with zero attached hydrogens (tertiary/aromatic N) is 2. The summed E-state index contributed by atoms with van der Waals surface area (Å²) in [6.07, 6.45) is 0.173. The van der Waals surface area contributed by atoms with Gasteiger partial charge in [-0.05, 0) is 12.5 Å². The summed E-state index contributed by atoms with van der Waals surface area (Å²) >= 11 is 1.21. The lowest BCUT2D eigenvalue weighted by Crippen LogP contribution is -2.28. The molecule has 1 fully saturated rings. The maximum Gasteiger partial charge on any atom is 0.357 e. The molecule has 3 rings (SSSR count). The molecule has 2 aromatic rings. The number of aryl methyl sites for hydroxylation is 1. The van der Waals surface area contributed by atoms with Crippen LogP contribution in [0.4, 0.5) is 5.13 Å². The Morgan fingerprint density at radius 3 is 2.77 bits per heavy atom. The average molecular weight is 373 g/mol. The molecule has 1 aromatic carbocycles. The first-order valence-electron chi connectivity index (χ1n) is 8.16. The van der Waals surface area contributed by atoms with Crippen LogP contribution < -0.4 is 5.32 Å². The van der Waals surface area contributed by atoms with Gasteiger partial charge in [0.05, 0.1) is 13.0 Å². The lowest BCUT2D eigenvalue weighted by molar-refractivity contribution is -0.128. The van der Waals surface area contributed by atoms with E-state index in [9.17, 15) is 14.4 Å². The van der Waals surface area contributed by atoms with E-state index in [0.717, 1.165) is 5.56 Å². The van der Waals surface area contributed by atoms with Crippen molar-refractivity contribution in [2.75, 3.05) is 19.0 Å². The smallest absolute Gasteiger partial charge is 0.357 e. The predicted octanol–water partition coefficient (Wildman–Crippen LogP) is 2.23.